The molecule has 1 aliphatic rings. The van der Waals surface area contributed by atoms with Gasteiger partial charge in [-0.1, -0.05) is 12.1 Å². The number of amides is 1. The van der Waals surface area contributed by atoms with Crippen molar-refractivity contribution in [2.24, 2.45) is 0 Å². The lowest BCUT2D eigenvalue weighted by Gasteiger charge is -2.36. The zero-order valence-corrected chi connectivity index (χ0v) is 17.1. The second-order valence-electron chi connectivity index (χ2n) is 6.72. The maximum Gasteiger partial charge on any atom is 0.258 e. The summed E-state index contributed by atoms with van der Waals surface area (Å²) in [7, 11) is 0. The minimum atomic E-state index is -0.241. The number of para-hydroxylation sites is 1. The van der Waals surface area contributed by atoms with Crippen LogP contribution in [0.5, 0.6) is 0 Å². The van der Waals surface area contributed by atoms with Gasteiger partial charge in [0.15, 0.2) is 11.6 Å². The number of carbonyl (C=O) groups is 1. The molecule has 1 saturated heterocycles. The van der Waals surface area contributed by atoms with Crippen molar-refractivity contribution in [2.75, 3.05) is 37.3 Å². The van der Waals surface area contributed by atoms with Gasteiger partial charge in [0.25, 0.3) is 5.91 Å². The standard InChI is InChI=1S/C21H21FN4O2S/c1-14-18(20(29-2)24-19(23-14)17-8-5-13-28-17)21(27)26-11-9-25(10-12-26)16-7-4-3-6-15(16)22/h3-8,13H,9-12H2,1-2H3. The molecule has 0 bridgehead atoms. The van der Waals surface area contributed by atoms with Gasteiger partial charge in [-0.05, 0) is 37.4 Å². The highest BCUT2D eigenvalue weighted by molar-refractivity contribution is 7.98. The highest BCUT2D eigenvalue weighted by Gasteiger charge is 2.28. The predicted octanol–water partition coefficient (Wildman–Crippen LogP) is 3.87. The van der Waals surface area contributed by atoms with Gasteiger partial charge in [0.1, 0.15) is 10.8 Å². The molecule has 0 N–H and O–H groups in total. The van der Waals surface area contributed by atoms with Crippen LogP contribution in [0.1, 0.15) is 16.1 Å². The maximum absolute atomic E-state index is 14.1. The van der Waals surface area contributed by atoms with Crippen molar-refractivity contribution >= 4 is 23.4 Å². The Bertz CT molecular complexity index is 1020. The number of thioether (sulfide) groups is 1. The monoisotopic (exact) mass is 412 g/mol. The number of halogens is 1. The fourth-order valence-corrected chi connectivity index (χ4v) is 4.09. The predicted molar refractivity (Wildman–Crippen MR) is 111 cm³/mol. The van der Waals surface area contributed by atoms with Gasteiger partial charge >= 0.3 is 0 Å². The van der Waals surface area contributed by atoms with Crippen LogP contribution in [0.15, 0.2) is 52.1 Å². The minimum absolute atomic E-state index is 0.0916. The van der Waals surface area contributed by atoms with E-state index in [0.29, 0.717) is 59.7 Å². The summed E-state index contributed by atoms with van der Waals surface area (Å²) < 4.78 is 19.4. The number of aryl methyl sites for hydroxylation is 1. The molecule has 0 atom stereocenters. The van der Waals surface area contributed by atoms with E-state index in [1.165, 1.54) is 17.8 Å². The molecular formula is C21H21FN4O2S. The molecular weight excluding hydrogens is 391 g/mol. The van der Waals surface area contributed by atoms with Crippen LogP contribution in [0, 0.1) is 12.7 Å². The maximum atomic E-state index is 14.1. The molecule has 3 heterocycles. The number of furan rings is 1. The van der Waals surface area contributed by atoms with Gasteiger partial charge in [-0.2, -0.15) is 0 Å². The Morgan fingerprint density at radius 2 is 1.86 bits per heavy atom. The third kappa shape index (κ3) is 3.85. The number of piperazine rings is 1. The number of carbonyl (C=O) groups excluding carboxylic acids is 1. The van der Waals surface area contributed by atoms with E-state index in [4.69, 9.17) is 4.42 Å². The number of hydrogen-bond acceptors (Lipinski definition) is 6. The van der Waals surface area contributed by atoms with Crippen LogP contribution in [-0.4, -0.2) is 53.2 Å². The number of nitrogens with zero attached hydrogens (tertiary/aromatic N) is 4. The molecule has 1 aliphatic heterocycles. The van der Waals surface area contributed by atoms with Crippen molar-refractivity contribution in [3.8, 4) is 11.6 Å². The molecule has 1 aromatic carbocycles. The van der Waals surface area contributed by atoms with Crippen molar-refractivity contribution in [1.29, 1.82) is 0 Å². The Morgan fingerprint density at radius 1 is 1.10 bits per heavy atom. The summed E-state index contributed by atoms with van der Waals surface area (Å²) >= 11 is 1.41. The summed E-state index contributed by atoms with van der Waals surface area (Å²) in [5.74, 6) is 0.708. The van der Waals surface area contributed by atoms with Crippen LogP contribution in [0.4, 0.5) is 10.1 Å². The molecule has 0 unspecified atom stereocenters. The second-order valence-corrected chi connectivity index (χ2v) is 7.52. The highest BCUT2D eigenvalue weighted by Crippen LogP contribution is 2.27. The average molecular weight is 412 g/mol. The largest absolute Gasteiger partial charge is 0.461 e. The molecule has 150 valence electrons. The third-order valence-corrected chi connectivity index (χ3v) is 5.65. The normalized spacial score (nSPS) is 14.3. The Morgan fingerprint density at radius 3 is 2.52 bits per heavy atom. The summed E-state index contributed by atoms with van der Waals surface area (Å²) in [5.41, 5.74) is 1.72. The van der Waals surface area contributed by atoms with Crippen LogP contribution in [-0.2, 0) is 0 Å². The number of benzene rings is 1. The lowest BCUT2D eigenvalue weighted by Crippen LogP contribution is -2.49. The summed E-state index contributed by atoms with van der Waals surface area (Å²) in [4.78, 5) is 26.0. The van der Waals surface area contributed by atoms with Gasteiger partial charge in [0.2, 0.25) is 0 Å². The van der Waals surface area contributed by atoms with E-state index < -0.39 is 0 Å². The van der Waals surface area contributed by atoms with Gasteiger partial charge in [0.05, 0.1) is 23.2 Å². The zero-order chi connectivity index (χ0) is 20.4. The Hall–Kier alpha value is -2.87. The molecule has 0 radical (unpaired) electrons. The molecule has 0 aliphatic carbocycles. The smallest absolute Gasteiger partial charge is 0.258 e. The van der Waals surface area contributed by atoms with Gasteiger partial charge in [0, 0.05) is 26.2 Å². The first-order chi connectivity index (χ1) is 14.1. The van der Waals surface area contributed by atoms with Crippen LogP contribution < -0.4 is 4.90 Å². The fraction of sp³-hybridized carbons (Fsp3) is 0.286. The molecule has 6 nitrogen and oxygen atoms in total. The SMILES string of the molecule is CSc1nc(-c2ccco2)nc(C)c1C(=O)N1CCN(c2ccccc2F)CC1. The molecule has 0 saturated carbocycles. The number of hydrogen-bond donors (Lipinski definition) is 0. The number of anilines is 1. The molecule has 2 aromatic heterocycles. The van der Waals surface area contributed by atoms with E-state index in [-0.39, 0.29) is 11.7 Å². The van der Waals surface area contributed by atoms with Crippen molar-refractivity contribution in [1.82, 2.24) is 14.9 Å². The number of aromatic nitrogens is 2. The van der Waals surface area contributed by atoms with Gasteiger partial charge < -0.3 is 14.2 Å². The lowest BCUT2D eigenvalue weighted by atomic mass is 10.1. The first-order valence-corrected chi connectivity index (χ1v) is 10.6. The quantitative estimate of drug-likeness (QED) is 0.479. The van der Waals surface area contributed by atoms with Crippen LogP contribution >= 0.6 is 11.8 Å². The first-order valence-electron chi connectivity index (χ1n) is 9.33. The molecule has 8 heteroatoms. The molecule has 0 spiro atoms. The van der Waals surface area contributed by atoms with Crippen molar-refractivity contribution in [2.45, 2.75) is 11.9 Å². The van der Waals surface area contributed by atoms with Crippen molar-refractivity contribution in [3.05, 3.63) is 59.7 Å². The van der Waals surface area contributed by atoms with E-state index >= 15 is 0 Å². The van der Waals surface area contributed by atoms with Gasteiger partial charge in [-0.25, -0.2) is 14.4 Å². The Balaban J connectivity index is 1.54. The van der Waals surface area contributed by atoms with E-state index in [9.17, 15) is 9.18 Å². The summed E-state index contributed by atoms with van der Waals surface area (Å²) in [6.07, 6.45) is 3.46. The number of rotatable bonds is 4. The topological polar surface area (TPSA) is 62.5 Å². The van der Waals surface area contributed by atoms with E-state index in [1.54, 1.807) is 35.4 Å². The summed E-state index contributed by atoms with van der Waals surface area (Å²) in [6.45, 7) is 3.99. The van der Waals surface area contributed by atoms with E-state index in [0.717, 1.165) is 0 Å². The molecule has 3 aromatic rings. The van der Waals surface area contributed by atoms with Crippen molar-refractivity contribution < 1.29 is 13.6 Å². The average Bonchev–Trinajstić information content (AvgIpc) is 3.28. The van der Waals surface area contributed by atoms with Crippen LogP contribution in [0.25, 0.3) is 11.6 Å². The van der Waals surface area contributed by atoms with Crippen molar-refractivity contribution in [3.63, 3.8) is 0 Å². The Labute approximate surface area is 172 Å². The Kier molecular flexibility index (Phi) is 5.53. The highest BCUT2D eigenvalue weighted by atomic mass is 32.2. The zero-order valence-electron chi connectivity index (χ0n) is 16.3. The fourth-order valence-electron chi connectivity index (χ4n) is 3.47. The van der Waals surface area contributed by atoms with Crippen LogP contribution in [0.2, 0.25) is 0 Å². The molecule has 29 heavy (non-hydrogen) atoms. The third-order valence-electron chi connectivity index (χ3n) is 4.97. The van der Waals surface area contributed by atoms with E-state index in [2.05, 4.69) is 9.97 Å². The van der Waals surface area contributed by atoms with E-state index in [1.807, 2.05) is 24.1 Å². The lowest BCUT2D eigenvalue weighted by molar-refractivity contribution is 0.0741. The van der Waals surface area contributed by atoms with Gasteiger partial charge in [-0.3, -0.25) is 4.79 Å². The molecule has 1 fully saturated rings. The summed E-state index contributed by atoms with van der Waals surface area (Å²) in [6, 6.07) is 10.3. The summed E-state index contributed by atoms with van der Waals surface area (Å²) in [5, 5.41) is 0.630. The first kappa shape index (κ1) is 19.4. The van der Waals surface area contributed by atoms with Crippen LogP contribution in [0.3, 0.4) is 0 Å². The molecule has 1 amide bonds. The second kappa shape index (κ2) is 8.24. The minimum Gasteiger partial charge on any atom is -0.461 e. The van der Waals surface area contributed by atoms with Gasteiger partial charge in [-0.15, -0.1) is 11.8 Å². The molecule has 4 rings (SSSR count).